The molecule has 9 nitrogen and oxygen atoms in total. The number of pyridine rings is 1. The highest BCUT2D eigenvalue weighted by atomic mass is 16.5. The van der Waals surface area contributed by atoms with Gasteiger partial charge in [0.05, 0.1) is 12.7 Å². The fourth-order valence-electron chi connectivity index (χ4n) is 3.74. The van der Waals surface area contributed by atoms with E-state index in [1.54, 1.807) is 19.4 Å². The SMILES string of the molecule is C=C(/N=C(Nc1cccc(-c2ccc(OC)nc2)c1)\C(=C/N)C(N)=O)N[C@@H]1CCCC[C@@H]1N. The van der Waals surface area contributed by atoms with Crippen LogP contribution in [0.2, 0.25) is 0 Å². The third-order valence-corrected chi connectivity index (χ3v) is 5.51. The van der Waals surface area contributed by atoms with E-state index in [2.05, 4.69) is 27.2 Å². The summed E-state index contributed by atoms with van der Waals surface area (Å²) >= 11 is 0. The third-order valence-electron chi connectivity index (χ3n) is 5.51. The van der Waals surface area contributed by atoms with E-state index in [1.165, 1.54) is 0 Å². The molecule has 174 valence electrons. The summed E-state index contributed by atoms with van der Waals surface area (Å²) in [5.41, 5.74) is 20.0. The van der Waals surface area contributed by atoms with Gasteiger partial charge in [-0.25, -0.2) is 9.98 Å². The molecule has 0 spiro atoms. The van der Waals surface area contributed by atoms with Crippen molar-refractivity contribution in [3.63, 3.8) is 0 Å². The van der Waals surface area contributed by atoms with Gasteiger partial charge < -0.3 is 32.6 Å². The number of benzene rings is 1. The van der Waals surface area contributed by atoms with Crippen molar-refractivity contribution in [2.45, 2.75) is 37.8 Å². The zero-order valence-electron chi connectivity index (χ0n) is 18.8. The van der Waals surface area contributed by atoms with E-state index in [1.807, 2.05) is 30.3 Å². The lowest BCUT2D eigenvalue weighted by molar-refractivity contribution is -0.114. The minimum atomic E-state index is -0.707. The van der Waals surface area contributed by atoms with Crippen LogP contribution in [0.4, 0.5) is 5.69 Å². The summed E-state index contributed by atoms with van der Waals surface area (Å²) in [6.45, 7) is 3.99. The number of nitrogens with zero attached hydrogens (tertiary/aromatic N) is 2. The summed E-state index contributed by atoms with van der Waals surface area (Å²) in [7, 11) is 1.57. The highest BCUT2D eigenvalue weighted by Gasteiger charge is 2.22. The van der Waals surface area contributed by atoms with Crippen LogP contribution in [0.3, 0.4) is 0 Å². The standard InChI is InChI=1S/C24H31N7O2/c1-15(29-21-9-4-3-8-20(21)26)30-24(19(13-25)23(27)32)31-18-7-5-6-16(12-18)17-10-11-22(33-2)28-14-17/h5-7,10-14,20-21,29H,1,3-4,8-9,25-26H2,2H3,(H2,27,32)(H,30,31)/b19-13-/t20-,21+/m0/s1. The Bertz CT molecular complexity index is 1050. The second kappa shape index (κ2) is 11.1. The molecule has 1 aromatic heterocycles. The van der Waals surface area contributed by atoms with Crippen LogP contribution in [-0.2, 0) is 4.79 Å². The van der Waals surface area contributed by atoms with Crippen molar-refractivity contribution in [1.29, 1.82) is 0 Å². The number of carbonyl (C=O) groups is 1. The van der Waals surface area contributed by atoms with Crippen LogP contribution in [0.25, 0.3) is 11.1 Å². The molecule has 0 bridgehead atoms. The van der Waals surface area contributed by atoms with Gasteiger partial charge in [0.2, 0.25) is 5.88 Å². The molecule has 2 aromatic rings. The van der Waals surface area contributed by atoms with Gasteiger partial charge in [-0.15, -0.1) is 0 Å². The average Bonchev–Trinajstić information content (AvgIpc) is 2.81. The molecular formula is C24H31N7O2. The molecule has 0 unspecified atom stereocenters. The first-order valence-corrected chi connectivity index (χ1v) is 10.8. The number of amidine groups is 1. The molecular weight excluding hydrogens is 418 g/mol. The van der Waals surface area contributed by atoms with Crippen molar-refractivity contribution in [2.75, 3.05) is 12.4 Å². The fourth-order valence-corrected chi connectivity index (χ4v) is 3.74. The highest BCUT2D eigenvalue weighted by molar-refractivity contribution is 6.25. The third kappa shape index (κ3) is 6.33. The van der Waals surface area contributed by atoms with E-state index >= 15 is 0 Å². The van der Waals surface area contributed by atoms with Gasteiger partial charge in [0.25, 0.3) is 5.91 Å². The number of hydrogen-bond donors (Lipinski definition) is 5. The predicted molar refractivity (Wildman–Crippen MR) is 131 cm³/mol. The molecule has 1 amide bonds. The van der Waals surface area contributed by atoms with Crippen LogP contribution in [0.15, 0.2) is 71.8 Å². The average molecular weight is 450 g/mol. The molecule has 33 heavy (non-hydrogen) atoms. The Balaban J connectivity index is 1.85. The molecule has 8 N–H and O–H groups in total. The van der Waals surface area contributed by atoms with Crippen molar-refractivity contribution in [3.05, 3.63) is 66.8 Å². The quantitative estimate of drug-likeness (QED) is 0.235. The first-order chi connectivity index (χ1) is 15.9. The predicted octanol–water partition coefficient (Wildman–Crippen LogP) is 2.23. The van der Waals surface area contributed by atoms with Crippen LogP contribution >= 0.6 is 0 Å². The Hall–Kier alpha value is -3.85. The van der Waals surface area contributed by atoms with E-state index in [0.29, 0.717) is 17.4 Å². The number of anilines is 1. The number of aliphatic imine (C=N–C) groups is 1. The molecule has 1 heterocycles. The van der Waals surface area contributed by atoms with E-state index < -0.39 is 5.91 Å². The van der Waals surface area contributed by atoms with E-state index in [4.69, 9.17) is 21.9 Å². The Morgan fingerprint density at radius 1 is 1.24 bits per heavy atom. The summed E-state index contributed by atoms with van der Waals surface area (Å²) in [6.07, 6.45) is 6.94. The van der Waals surface area contributed by atoms with Crippen LogP contribution in [0, 0.1) is 0 Å². The van der Waals surface area contributed by atoms with Crippen molar-refractivity contribution in [1.82, 2.24) is 10.3 Å². The molecule has 2 atom stereocenters. The Labute approximate surface area is 193 Å². The van der Waals surface area contributed by atoms with Crippen LogP contribution < -0.4 is 32.6 Å². The zero-order chi connectivity index (χ0) is 23.8. The lowest BCUT2D eigenvalue weighted by atomic mass is 9.91. The molecule has 1 aromatic carbocycles. The summed E-state index contributed by atoms with van der Waals surface area (Å²) in [5, 5.41) is 6.41. The Kier molecular flexibility index (Phi) is 8.04. The number of aromatic nitrogens is 1. The van der Waals surface area contributed by atoms with E-state index in [0.717, 1.165) is 43.0 Å². The Morgan fingerprint density at radius 3 is 2.67 bits per heavy atom. The smallest absolute Gasteiger partial charge is 0.253 e. The van der Waals surface area contributed by atoms with Crippen LogP contribution in [-0.4, -0.2) is 35.9 Å². The van der Waals surface area contributed by atoms with Crippen LogP contribution in [0.1, 0.15) is 25.7 Å². The molecule has 9 heteroatoms. The van der Waals surface area contributed by atoms with Crippen molar-refractivity contribution in [2.24, 2.45) is 22.2 Å². The normalized spacial score (nSPS) is 19.0. The van der Waals surface area contributed by atoms with Gasteiger partial charge in [-0.05, 0) is 36.6 Å². The van der Waals surface area contributed by atoms with Gasteiger partial charge in [-0.2, -0.15) is 0 Å². The van der Waals surface area contributed by atoms with E-state index in [-0.39, 0.29) is 23.5 Å². The van der Waals surface area contributed by atoms with Gasteiger partial charge in [0.1, 0.15) is 11.7 Å². The number of carbonyl (C=O) groups excluding carboxylic acids is 1. The molecule has 3 rings (SSSR count). The van der Waals surface area contributed by atoms with Crippen molar-refractivity contribution >= 4 is 17.4 Å². The van der Waals surface area contributed by atoms with Gasteiger partial charge in [0.15, 0.2) is 0 Å². The second-order valence-electron chi connectivity index (χ2n) is 7.85. The summed E-state index contributed by atoms with van der Waals surface area (Å²) in [4.78, 5) is 20.7. The maximum Gasteiger partial charge on any atom is 0.253 e. The summed E-state index contributed by atoms with van der Waals surface area (Å²) < 4.78 is 5.12. The Morgan fingerprint density at radius 2 is 2.03 bits per heavy atom. The molecule has 1 aliphatic rings. The molecule has 1 saturated carbocycles. The van der Waals surface area contributed by atoms with Crippen molar-refractivity contribution in [3.8, 4) is 17.0 Å². The van der Waals surface area contributed by atoms with Gasteiger partial charge in [0, 0.05) is 41.8 Å². The zero-order valence-corrected chi connectivity index (χ0v) is 18.8. The largest absolute Gasteiger partial charge is 0.481 e. The van der Waals surface area contributed by atoms with Gasteiger partial charge in [-0.1, -0.05) is 31.6 Å². The second-order valence-corrected chi connectivity index (χ2v) is 7.85. The molecule has 0 radical (unpaired) electrons. The topological polar surface area (TPSA) is 154 Å². The van der Waals surface area contributed by atoms with Gasteiger partial charge >= 0.3 is 0 Å². The number of primary amides is 1. The molecule has 1 aliphatic carbocycles. The minimum absolute atomic E-state index is 0.0255. The summed E-state index contributed by atoms with van der Waals surface area (Å²) in [5.74, 6) is 0.389. The number of rotatable bonds is 8. The number of methoxy groups -OCH3 is 1. The first-order valence-electron chi connectivity index (χ1n) is 10.8. The number of nitrogens with one attached hydrogen (secondary N) is 2. The van der Waals surface area contributed by atoms with Crippen LogP contribution in [0.5, 0.6) is 5.88 Å². The minimum Gasteiger partial charge on any atom is -0.481 e. The maximum atomic E-state index is 12.0. The number of nitrogens with two attached hydrogens (primary N) is 3. The lowest BCUT2D eigenvalue weighted by Crippen LogP contribution is -2.46. The van der Waals surface area contributed by atoms with Crippen molar-refractivity contribution < 1.29 is 9.53 Å². The lowest BCUT2D eigenvalue weighted by Gasteiger charge is -2.30. The monoisotopic (exact) mass is 449 g/mol. The maximum absolute atomic E-state index is 12.0. The van der Waals surface area contributed by atoms with E-state index in [9.17, 15) is 4.79 Å². The first kappa shape index (κ1) is 23.8. The number of hydrogen-bond acceptors (Lipinski definition) is 7. The van der Waals surface area contributed by atoms with Gasteiger partial charge in [-0.3, -0.25) is 4.79 Å². The molecule has 0 saturated heterocycles. The summed E-state index contributed by atoms with van der Waals surface area (Å²) in [6, 6.07) is 11.4. The number of amides is 1. The molecule has 1 fully saturated rings. The fraction of sp³-hybridized carbons (Fsp3) is 0.292. The number of ether oxygens (including phenoxy) is 1. The molecule has 0 aliphatic heterocycles. The highest BCUT2D eigenvalue weighted by Crippen LogP contribution is 2.24.